The second-order valence-electron chi connectivity index (χ2n) is 3.98. The highest BCUT2D eigenvalue weighted by Gasteiger charge is 2.17. The van der Waals surface area contributed by atoms with E-state index in [1.165, 1.54) is 0 Å². The molecule has 0 radical (unpaired) electrons. The zero-order chi connectivity index (χ0) is 13.7. The van der Waals surface area contributed by atoms with Crippen LogP contribution in [0.25, 0.3) is 0 Å². The zero-order valence-corrected chi connectivity index (χ0v) is 11.8. The number of amides is 1. The summed E-state index contributed by atoms with van der Waals surface area (Å²) in [6.45, 7) is 3.84. The van der Waals surface area contributed by atoms with E-state index in [1.807, 2.05) is 6.92 Å². The Hall–Kier alpha value is -0.970. The number of nitrogens with one attached hydrogen (secondary N) is 1. The molecule has 0 saturated heterocycles. The topological polar surface area (TPSA) is 64.3 Å². The molecule has 1 amide bonds. The van der Waals surface area contributed by atoms with Crippen LogP contribution in [0, 0.1) is 0 Å². The number of hydrogen-bond donors (Lipinski definition) is 2. The summed E-state index contributed by atoms with van der Waals surface area (Å²) < 4.78 is 5.46. The van der Waals surface area contributed by atoms with Crippen molar-refractivity contribution in [2.45, 2.75) is 26.0 Å². The van der Waals surface area contributed by atoms with E-state index in [0.29, 0.717) is 22.3 Å². The lowest BCUT2D eigenvalue weighted by atomic mass is 10.3. The van der Waals surface area contributed by atoms with Crippen LogP contribution >= 0.6 is 23.2 Å². The highest BCUT2D eigenvalue weighted by Crippen LogP contribution is 2.28. The average molecular weight is 291 g/mol. The quantitative estimate of drug-likeness (QED) is 0.874. The fourth-order valence-corrected chi connectivity index (χ4v) is 1.69. The SMILES string of the molecule is CC(Oc1ccc(Cl)cc1Cl)C(=O)N[C@@H](C)CN. The summed E-state index contributed by atoms with van der Waals surface area (Å²) in [6, 6.07) is 4.74. The van der Waals surface area contributed by atoms with Gasteiger partial charge in [-0.2, -0.15) is 0 Å². The van der Waals surface area contributed by atoms with Gasteiger partial charge in [-0.05, 0) is 32.0 Å². The number of benzene rings is 1. The van der Waals surface area contributed by atoms with E-state index in [4.69, 9.17) is 33.7 Å². The molecule has 4 nitrogen and oxygen atoms in total. The Kier molecular flexibility index (Phi) is 5.72. The van der Waals surface area contributed by atoms with Gasteiger partial charge in [0.05, 0.1) is 5.02 Å². The molecule has 0 aliphatic heterocycles. The maximum Gasteiger partial charge on any atom is 0.261 e. The first-order valence-corrected chi connectivity index (χ1v) is 6.31. The molecule has 0 aliphatic rings. The van der Waals surface area contributed by atoms with Crippen molar-refractivity contribution in [3.63, 3.8) is 0 Å². The van der Waals surface area contributed by atoms with Gasteiger partial charge >= 0.3 is 0 Å². The highest BCUT2D eigenvalue weighted by atomic mass is 35.5. The van der Waals surface area contributed by atoms with Gasteiger partial charge in [0, 0.05) is 17.6 Å². The minimum atomic E-state index is -0.655. The van der Waals surface area contributed by atoms with Gasteiger partial charge in [-0.3, -0.25) is 4.79 Å². The Labute approximate surface area is 116 Å². The molecule has 0 bridgehead atoms. The Bertz CT molecular complexity index is 427. The summed E-state index contributed by atoms with van der Waals surface area (Å²) in [6.07, 6.45) is -0.655. The van der Waals surface area contributed by atoms with Gasteiger partial charge in [0.2, 0.25) is 0 Å². The third-order valence-corrected chi connectivity index (χ3v) is 2.84. The third-order valence-electron chi connectivity index (χ3n) is 2.31. The molecule has 3 N–H and O–H groups in total. The molecule has 0 fully saturated rings. The fraction of sp³-hybridized carbons (Fsp3) is 0.417. The minimum Gasteiger partial charge on any atom is -0.479 e. The lowest BCUT2D eigenvalue weighted by Gasteiger charge is -2.18. The largest absolute Gasteiger partial charge is 0.479 e. The van der Waals surface area contributed by atoms with Crippen LogP contribution in [0.2, 0.25) is 10.0 Å². The van der Waals surface area contributed by atoms with Crippen molar-refractivity contribution in [3.8, 4) is 5.75 Å². The molecular weight excluding hydrogens is 275 g/mol. The van der Waals surface area contributed by atoms with Crippen LogP contribution in [0.3, 0.4) is 0 Å². The first kappa shape index (κ1) is 15.1. The van der Waals surface area contributed by atoms with Gasteiger partial charge in [-0.15, -0.1) is 0 Å². The van der Waals surface area contributed by atoms with Crippen LogP contribution in [0.1, 0.15) is 13.8 Å². The molecule has 0 aromatic heterocycles. The van der Waals surface area contributed by atoms with E-state index in [9.17, 15) is 4.79 Å². The summed E-state index contributed by atoms with van der Waals surface area (Å²) in [7, 11) is 0. The predicted molar refractivity (Wildman–Crippen MR) is 73.2 cm³/mol. The number of carbonyl (C=O) groups excluding carboxylic acids is 1. The Morgan fingerprint density at radius 3 is 2.67 bits per heavy atom. The van der Waals surface area contributed by atoms with E-state index in [0.717, 1.165) is 0 Å². The maximum atomic E-state index is 11.7. The van der Waals surface area contributed by atoms with Crippen molar-refractivity contribution in [1.29, 1.82) is 0 Å². The average Bonchev–Trinajstić information content (AvgIpc) is 2.32. The second kappa shape index (κ2) is 6.83. The smallest absolute Gasteiger partial charge is 0.261 e. The summed E-state index contributed by atoms with van der Waals surface area (Å²) in [5, 5.41) is 3.61. The number of hydrogen-bond acceptors (Lipinski definition) is 3. The molecule has 2 atom stereocenters. The van der Waals surface area contributed by atoms with Crippen molar-refractivity contribution >= 4 is 29.1 Å². The summed E-state index contributed by atoms with van der Waals surface area (Å²) in [4.78, 5) is 11.7. The first-order chi connectivity index (χ1) is 8.43. The Morgan fingerprint density at radius 2 is 2.11 bits per heavy atom. The van der Waals surface area contributed by atoms with Crippen LogP contribution in [0.5, 0.6) is 5.75 Å². The molecular formula is C12H16Cl2N2O2. The molecule has 1 aromatic carbocycles. The number of ether oxygens (including phenoxy) is 1. The summed E-state index contributed by atoms with van der Waals surface area (Å²) in [5.74, 6) is 0.183. The van der Waals surface area contributed by atoms with E-state index in [-0.39, 0.29) is 11.9 Å². The maximum absolute atomic E-state index is 11.7. The van der Waals surface area contributed by atoms with Crippen molar-refractivity contribution in [3.05, 3.63) is 28.2 Å². The standard InChI is InChI=1S/C12H16Cl2N2O2/c1-7(6-15)16-12(17)8(2)18-11-4-3-9(13)5-10(11)14/h3-5,7-8H,6,15H2,1-2H3,(H,16,17)/t7-,8?/m0/s1. The summed E-state index contributed by atoms with van der Waals surface area (Å²) >= 11 is 11.7. The van der Waals surface area contributed by atoms with Gasteiger partial charge in [0.1, 0.15) is 5.75 Å². The molecule has 1 rings (SSSR count). The first-order valence-electron chi connectivity index (χ1n) is 5.56. The number of rotatable bonds is 5. The molecule has 6 heteroatoms. The van der Waals surface area contributed by atoms with Crippen molar-refractivity contribution < 1.29 is 9.53 Å². The fourth-order valence-electron chi connectivity index (χ4n) is 1.23. The van der Waals surface area contributed by atoms with Crippen LogP contribution in [0.4, 0.5) is 0 Å². The second-order valence-corrected chi connectivity index (χ2v) is 4.82. The highest BCUT2D eigenvalue weighted by molar-refractivity contribution is 6.35. The molecule has 18 heavy (non-hydrogen) atoms. The van der Waals surface area contributed by atoms with E-state index in [1.54, 1.807) is 25.1 Å². The van der Waals surface area contributed by atoms with Gasteiger partial charge in [0.25, 0.3) is 5.91 Å². The lowest BCUT2D eigenvalue weighted by Crippen LogP contribution is -2.44. The van der Waals surface area contributed by atoms with Gasteiger partial charge in [-0.1, -0.05) is 23.2 Å². The molecule has 0 aliphatic carbocycles. The molecule has 1 unspecified atom stereocenters. The predicted octanol–water partition coefficient (Wildman–Crippen LogP) is 2.22. The van der Waals surface area contributed by atoms with Gasteiger partial charge in [-0.25, -0.2) is 0 Å². The Morgan fingerprint density at radius 1 is 1.44 bits per heavy atom. The van der Waals surface area contributed by atoms with Crippen LogP contribution in [0.15, 0.2) is 18.2 Å². The van der Waals surface area contributed by atoms with E-state index >= 15 is 0 Å². The molecule has 100 valence electrons. The van der Waals surface area contributed by atoms with Gasteiger partial charge < -0.3 is 15.8 Å². The van der Waals surface area contributed by atoms with Crippen LogP contribution < -0.4 is 15.8 Å². The number of nitrogens with two attached hydrogens (primary N) is 1. The van der Waals surface area contributed by atoms with Crippen LogP contribution in [-0.4, -0.2) is 24.6 Å². The van der Waals surface area contributed by atoms with Crippen molar-refractivity contribution in [2.24, 2.45) is 5.73 Å². The minimum absolute atomic E-state index is 0.0933. The zero-order valence-electron chi connectivity index (χ0n) is 10.2. The molecule has 0 heterocycles. The van der Waals surface area contributed by atoms with Gasteiger partial charge in [0.15, 0.2) is 6.10 Å². The van der Waals surface area contributed by atoms with E-state index < -0.39 is 6.10 Å². The third kappa shape index (κ3) is 4.37. The number of carbonyl (C=O) groups is 1. The van der Waals surface area contributed by atoms with Crippen molar-refractivity contribution in [2.75, 3.05) is 6.54 Å². The molecule has 1 aromatic rings. The van der Waals surface area contributed by atoms with Crippen LogP contribution in [-0.2, 0) is 4.79 Å². The molecule has 0 saturated carbocycles. The summed E-state index contributed by atoms with van der Waals surface area (Å²) in [5.41, 5.74) is 5.42. The molecule has 0 spiro atoms. The number of halogens is 2. The Balaban J connectivity index is 2.63. The van der Waals surface area contributed by atoms with Crippen molar-refractivity contribution in [1.82, 2.24) is 5.32 Å². The van der Waals surface area contributed by atoms with E-state index in [2.05, 4.69) is 5.32 Å². The lowest BCUT2D eigenvalue weighted by molar-refractivity contribution is -0.127. The monoisotopic (exact) mass is 290 g/mol. The normalized spacial score (nSPS) is 13.8.